The zero-order chi connectivity index (χ0) is 16.5. The lowest BCUT2D eigenvalue weighted by Crippen LogP contribution is -2.35. The molecule has 24 heavy (non-hydrogen) atoms. The number of anilines is 1. The number of pyridine rings is 1. The largest absolute Gasteiger partial charge is 0.355 e. The number of aryl methyl sites for hydroxylation is 2. The highest BCUT2D eigenvalue weighted by Crippen LogP contribution is 2.31. The normalized spacial score (nSPS) is 16.0. The average molecular weight is 319 g/mol. The van der Waals surface area contributed by atoms with Crippen molar-refractivity contribution in [3.63, 3.8) is 0 Å². The van der Waals surface area contributed by atoms with E-state index in [1.165, 1.54) is 47.0 Å². The number of H-pyrrole nitrogens is 1. The fourth-order valence-electron chi connectivity index (χ4n) is 3.91. The third kappa shape index (κ3) is 2.79. The van der Waals surface area contributed by atoms with Crippen molar-refractivity contribution in [1.29, 1.82) is 0 Å². The van der Waals surface area contributed by atoms with Crippen molar-refractivity contribution in [3.8, 4) is 0 Å². The van der Waals surface area contributed by atoms with E-state index in [9.17, 15) is 0 Å². The van der Waals surface area contributed by atoms with E-state index in [0.29, 0.717) is 0 Å². The van der Waals surface area contributed by atoms with E-state index in [2.05, 4.69) is 65.1 Å². The van der Waals surface area contributed by atoms with Crippen molar-refractivity contribution >= 4 is 16.7 Å². The lowest BCUT2D eigenvalue weighted by Gasteiger charge is -2.33. The monoisotopic (exact) mass is 319 g/mol. The quantitative estimate of drug-likeness (QED) is 0.762. The van der Waals surface area contributed by atoms with Crippen LogP contribution >= 0.6 is 0 Å². The van der Waals surface area contributed by atoms with Crippen LogP contribution in [-0.4, -0.2) is 23.1 Å². The van der Waals surface area contributed by atoms with Gasteiger partial charge in [-0.15, -0.1) is 0 Å². The molecule has 3 heteroatoms. The lowest BCUT2D eigenvalue weighted by atomic mass is 9.90. The highest BCUT2D eigenvalue weighted by molar-refractivity contribution is 5.92. The average Bonchev–Trinajstić information content (AvgIpc) is 2.91. The van der Waals surface area contributed by atoms with Gasteiger partial charge in [0, 0.05) is 30.4 Å². The first-order chi connectivity index (χ1) is 11.7. The maximum atomic E-state index is 4.69. The standard InChI is InChI=1S/C21H25N3/c1-15-16(2)23-20-19(15)8-11-22-21(20)24-12-9-18(10-13-24)14-17-6-4-3-5-7-17/h3-8,11,18,23H,9-10,12-14H2,1-2H3. The first-order valence-electron chi connectivity index (χ1n) is 8.95. The minimum Gasteiger partial charge on any atom is -0.355 e. The number of piperidine rings is 1. The minimum absolute atomic E-state index is 0.787. The summed E-state index contributed by atoms with van der Waals surface area (Å²) < 4.78 is 0. The topological polar surface area (TPSA) is 31.9 Å². The Bertz CT molecular complexity index is 827. The van der Waals surface area contributed by atoms with Gasteiger partial charge < -0.3 is 9.88 Å². The number of fused-ring (bicyclic) bond motifs is 1. The van der Waals surface area contributed by atoms with Gasteiger partial charge in [-0.3, -0.25) is 0 Å². The van der Waals surface area contributed by atoms with Crippen LogP contribution in [0.1, 0.15) is 29.7 Å². The van der Waals surface area contributed by atoms with Crippen LogP contribution in [0, 0.1) is 19.8 Å². The molecule has 0 saturated carbocycles. The number of nitrogens with one attached hydrogen (secondary N) is 1. The number of benzene rings is 1. The third-order valence-electron chi connectivity index (χ3n) is 5.49. The van der Waals surface area contributed by atoms with Crippen molar-refractivity contribution in [2.75, 3.05) is 18.0 Å². The SMILES string of the molecule is Cc1[nH]c2c(N3CCC(Cc4ccccc4)CC3)nccc2c1C. The molecule has 1 saturated heterocycles. The van der Waals surface area contributed by atoms with E-state index >= 15 is 0 Å². The number of nitrogens with zero attached hydrogens (tertiary/aromatic N) is 2. The molecule has 1 N–H and O–H groups in total. The second kappa shape index (κ2) is 6.31. The Kier molecular flexibility index (Phi) is 4.01. The summed E-state index contributed by atoms with van der Waals surface area (Å²) in [5.41, 5.74) is 5.26. The molecule has 1 aromatic carbocycles. The van der Waals surface area contributed by atoms with Gasteiger partial charge >= 0.3 is 0 Å². The Hall–Kier alpha value is -2.29. The summed E-state index contributed by atoms with van der Waals surface area (Å²) in [6.07, 6.45) is 5.64. The molecule has 4 rings (SSSR count). The summed E-state index contributed by atoms with van der Waals surface area (Å²) in [4.78, 5) is 10.7. The molecule has 0 spiro atoms. The van der Waals surface area contributed by atoms with Crippen LogP contribution in [0.5, 0.6) is 0 Å². The molecule has 3 aromatic rings. The molecule has 0 radical (unpaired) electrons. The van der Waals surface area contributed by atoms with Crippen LogP contribution in [0.15, 0.2) is 42.6 Å². The molecular weight excluding hydrogens is 294 g/mol. The number of rotatable bonds is 3. The molecule has 0 unspecified atom stereocenters. The van der Waals surface area contributed by atoms with E-state index in [1.807, 2.05) is 6.20 Å². The predicted octanol–water partition coefficient (Wildman–Crippen LogP) is 4.64. The smallest absolute Gasteiger partial charge is 0.152 e. The Morgan fingerprint density at radius 2 is 1.83 bits per heavy atom. The molecule has 0 aliphatic carbocycles. The number of aromatic nitrogens is 2. The van der Waals surface area contributed by atoms with Gasteiger partial charge in [0.25, 0.3) is 0 Å². The molecule has 3 nitrogen and oxygen atoms in total. The Balaban J connectivity index is 1.49. The van der Waals surface area contributed by atoms with Crippen LogP contribution in [0.2, 0.25) is 0 Å². The van der Waals surface area contributed by atoms with Crippen molar-refractivity contribution in [2.45, 2.75) is 33.1 Å². The summed E-state index contributed by atoms with van der Waals surface area (Å²) in [5, 5.41) is 1.31. The van der Waals surface area contributed by atoms with Crippen molar-refractivity contribution in [3.05, 3.63) is 59.4 Å². The Morgan fingerprint density at radius 1 is 1.08 bits per heavy atom. The summed E-state index contributed by atoms with van der Waals surface area (Å²) in [6.45, 7) is 6.52. The maximum absolute atomic E-state index is 4.69. The fourth-order valence-corrected chi connectivity index (χ4v) is 3.91. The number of hydrogen-bond donors (Lipinski definition) is 1. The van der Waals surface area contributed by atoms with Gasteiger partial charge in [-0.05, 0) is 56.2 Å². The Labute approximate surface area is 143 Å². The van der Waals surface area contributed by atoms with E-state index in [4.69, 9.17) is 0 Å². The molecule has 0 bridgehead atoms. The zero-order valence-corrected chi connectivity index (χ0v) is 14.5. The molecule has 3 heterocycles. The van der Waals surface area contributed by atoms with Gasteiger partial charge in [0.2, 0.25) is 0 Å². The molecular formula is C21H25N3. The second-order valence-corrected chi connectivity index (χ2v) is 7.05. The van der Waals surface area contributed by atoms with Gasteiger partial charge in [-0.25, -0.2) is 4.98 Å². The summed E-state index contributed by atoms with van der Waals surface area (Å²) in [7, 11) is 0. The first-order valence-corrected chi connectivity index (χ1v) is 8.95. The van der Waals surface area contributed by atoms with Crippen LogP contribution in [0.3, 0.4) is 0 Å². The molecule has 0 atom stereocenters. The van der Waals surface area contributed by atoms with Gasteiger partial charge in [-0.2, -0.15) is 0 Å². The van der Waals surface area contributed by atoms with Gasteiger partial charge in [0.15, 0.2) is 5.82 Å². The lowest BCUT2D eigenvalue weighted by molar-refractivity contribution is 0.402. The summed E-state index contributed by atoms with van der Waals surface area (Å²) >= 11 is 0. The van der Waals surface area contributed by atoms with Crippen molar-refractivity contribution < 1.29 is 0 Å². The molecule has 0 amide bonds. The van der Waals surface area contributed by atoms with Crippen molar-refractivity contribution in [1.82, 2.24) is 9.97 Å². The third-order valence-corrected chi connectivity index (χ3v) is 5.49. The highest BCUT2D eigenvalue weighted by Gasteiger charge is 2.22. The summed E-state index contributed by atoms with van der Waals surface area (Å²) in [5.74, 6) is 1.91. The molecule has 1 aliphatic rings. The highest BCUT2D eigenvalue weighted by atomic mass is 15.2. The van der Waals surface area contributed by atoms with E-state index in [-0.39, 0.29) is 0 Å². The van der Waals surface area contributed by atoms with Gasteiger partial charge in [0.05, 0.1) is 5.52 Å². The molecule has 2 aromatic heterocycles. The fraction of sp³-hybridized carbons (Fsp3) is 0.381. The predicted molar refractivity (Wildman–Crippen MR) is 101 cm³/mol. The Morgan fingerprint density at radius 3 is 2.58 bits per heavy atom. The van der Waals surface area contributed by atoms with E-state index in [0.717, 1.165) is 24.8 Å². The second-order valence-electron chi connectivity index (χ2n) is 7.05. The van der Waals surface area contributed by atoms with Crippen LogP contribution in [0.4, 0.5) is 5.82 Å². The number of aromatic amines is 1. The van der Waals surface area contributed by atoms with Crippen LogP contribution in [0.25, 0.3) is 10.9 Å². The van der Waals surface area contributed by atoms with Gasteiger partial charge in [0.1, 0.15) is 0 Å². The van der Waals surface area contributed by atoms with Crippen LogP contribution < -0.4 is 4.90 Å². The van der Waals surface area contributed by atoms with E-state index < -0.39 is 0 Å². The zero-order valence-electron chi connectivity index (χ0n) is 14.5. The molecule has 1 aliphatic heterocycles. The minimum atomic E-state index is 0.787. The van der Waals surface area contributed by atoms with Crippen LogP contribution in [-0.2, 0) is 6.42 Å². The molecule has 1 fully saturated rings. The van der Waals surface area contributed by atoms with Gasteiger partial charge in [-0.1, -0.05) is 30.3 Å². The first kappa shape index (κ1) is 15.3. The summed E-state index contributed by atoms with van der Waals surface area (Å²) in [6, 6.07) is 13.0. The number of hydrogen-bond acceptors (Lipinski definition) is 2. The van der Waals surface area contributed by atoms with E-state index in [1.54, 1.807) is 0 Å². The van der Waals surface area contributed by atoms with Crippen molar-refractivity contribution in [2.24, 2.45) is 5.92 Å². The molecule has 124 valence electrons. The maximum Gasteiger partial charge on any atom is 0.152 e.